The maximum absolute atomic E-state index is 6.03. The van der Waals surface area contributed by atoms with Crippen LogP contribution in [0.25, 0.3) is 0 Å². The Labute approximate surface area is 157 Å². The van der Waals surface area contributed by atoms with Crippen molar-refractivity contribution in [3.63, 3.8) is 0 Å². The zero-order valence-electron chi connectivity index (χ0n) is 15.4. The van der Waals surface area contributed by atoms with Gasteiger partial charge in [0.2, 0.25) is 0 Å². The summed E-state index contributed by atoms with van der Waals surface area (Å²) in [6.07, 6.45) is 0. The molecule has 0 amide bonds. The van der Waals surface area contributed by atoms with E-state index in [-0.39, 0.29) is 0 Å². The Hall–Kier alpha value is -1.44. The summed E-state index contributed by atoms with van der Waals surface area (Å²) in [5.41, 5.74) is 3.36. The second-order valence-corrected chi connectivity index (χ2v) is 5.72. The quantitative estimate of drug-likeness (QED) is 0.527. The highest BCUT2D eigenvalue weighted by atomic mass is 35.5. The van der Waals surface area contributed by atoms with Gasteiger partial charge in [-0.2, -0.15) is 0 Å². The Kier molecular flexibility index (Phi) is 12.1. The molecule has 0 saturated heterocycles. The number of hydrogen-bond acceptors (Lipinski definition) is 1. The Morgan fingerprint density at radius 3 is 1.50 bits per heavy atom. The molecule has 0 N–H and O–H groups in total. The minimum atomic E-state index is 0.756. The van der Waals surface area contributed by atoms with E-state index in [1.54, 1.807) is 0 Å². The van der Waals surface area contributed by atoms with Gasteiger partial charge in [-0.25, -0.2) is 0 Å². The van der Waals surface area contributed by atoms with Crippen LogP contribution in [0.3, 0.4) is 0 Å². The second kappa shape index (κ2) is 12.9. The topological polar surface area (TPSA) is 3.24 Å². The van der Waals surface area contributed by atoms with Crippen molar-refractivity contribution in [2.45, 2.75) is 47.7 Å². The zero-order chi connectivity index (χ0) is 18.5. The van der Waals surface area contributed by atoms with Crippen LogP contribution in [-0.4, -0.2) is 4.90 Å². The maximum Gasteiger partial charge on any atom is 0.0430 e. The number of rotatable bonds is 5. The van der Waals surface area contributed by atoms with Gasteiger partial charge >= 0.3 is 0 Å². The second-order valence-electron chi connectivity index (χ2n) is 4.85. The van der Waals surface area contributed by atoms with Gasteiger partial charge in [-0.3, -0.25) is 0 Å². The van der Waals surface area contributed by atoms with Crippen molar-refractivity contribution < 1.29 is 0 Å². The molecular formula is C21H29Cl2N. The molecule has 2 rings (SSSR count). The van der Waals surface area contributed by atoms with Crippen LogP contribution < -0.4 is 0 Å². The molecule has 0 bridgehead atoms. The van der Waals surface area contributed by atoms with E-state index < -0.39 is 0 Å². The first kappa shape index (κ1) is 22.6. The molecule has 0 aromatic heterocycles. The Morgan fingerprint density at radius 1 is 0.833 bits per heavy atom. The summed E-state index contributed by atoms with van der Waals surface area (Å²) in [6, 6.07) is 15.8. The lowest BCUT2D eigenvalue weighted by Crippen LogP contribution is -2.20. The first-order chi connectivity index (χ1) is 11.5. The van der Waals surface area contributed by atoms with Gasteiger partial charge in [0.05, 0.1) is 0 Å². The molecule has 0 atom stereocenters. The van der Waals surface area contributed by atoms with Gasteiger partial charge in [-0.1, -0.05) is 81.7 Å². The van der Waals surface area contributed by atoms with E-state index >= 15 is 0 Å². The molecule has 0 heterocycles. The lowest BCUT2D eigenvalue weighted by atomic mass is 10.1. The fourth-order valence-corrected chi connectivity index (χ4v) is 2.46. The monoisotopic (exact) mass is 365 g/mol. The van der Waals surface area contributed by atoms with E-state index in [0.29, 0.717) is 0 Å². The summed E-state index contributed by atoms with van der Waals surface area (Å²) in [7, 11) is 0. The molecule has 0 spiro atoms. The molecule has 2 aromatic rings. The van der Waals surface area contributed by atoms with Crippen molar-refractivity contribution >= 4 is 23.2 Å². The predicted octanol–water partition coefficient (Wildman–Crippen LogP) is 7.58. The van der Waals surface area contributed by atoms with Crippen molar-refractivity contribution in [2.75, 3.05) is 0 Å². The molecule has 1 nitrogen and oxygen atoms in total. The average molecular weight is 366 g/mol. The van der Waals surface area contributed by atoms with Crippen molar-refractivity contribution in [3.05, 3.63) is 82.0 Å². The first-order valence-electron chi connectivity index (χ1n) is 8.44. The van der Waals surface area contributed by atoms with Crippen molar-refractivity contribution in [2.24, 2.45) is 0 Å². The summed E-state index contributed by atoms with van der Waals surface area (Å²) in [5.74, 6) is 0. The lowest BCUT2D eigenvalue weighted by molar-refractivity contribution is 0.331. The summed E-state index contributed by atoms with van der Waals surface area (Å²) >= 11 is 12.1. The number of benzene rings is 2. The van der Waals surface area contributed by atoms with Crippen LogP contribution in [0.2, 0.25) is 10.0 Å². The highest BCUT2D eigenvalue weighted by Gasteiger charge is 2.07. The van der Waals surface area contributed by atoms with Gasteiger partial charge in [0.15, 0.2) is 0 Å². The van der Waals surface area contributed by atoms with Gasteiger partial charge < -0.3 is 4.90 Å². The number of halogens is 2. The molecule has 24 heavy (non-hydrogen) atoms. The third-order valence-corrected chi connectivity index (χ3v) is 3.53. The minimum Gasteiger partial charge on any atom is -0.367 e. The Balaban J connectivity index is 0.00000123. The molecule has 132 valence electrons. The van der Waals surface area contributed by atoms with Crippen LogP contribution in [-0.2, 0) is 13.1 Å². The third-order valence-electron chi connectivity index (χ3n) is 3.06. The normalized spacial score (nSPS) is 9.12. The Bertz CT molecular complexity index is 561. The number of hydrogen-bond donors (Lipinski definition) is 0. The van der Waals surface area contributed by atoms with E-state index in [0.717, 1.165) is 28.8 Å². The van der Waals surface area contributed by atoms with Crippen LogP contribution in [0.15, 0.2) is 60.8 Å². The molecule has 0 aliphatic carbocycles. The number of nitrogens with zero attached hydrogens (tertiary/aromatic N) is 1. The number of allylic oxidation sites excluding steroid dienone is 1. The van der Waals surface area contributed by atoms with Crippen LogP contribution >= 0.6 is 23.2 Å². The van der Waals surface area contributed by atoms with Gasteiger partial charge in [-0.05, 0) is 42.3 Å². The van der Waals surface area contributed by atoms with Crippen LogP contribution in [0, 0.1) is 0 Å². The Morgan fingerprint density at radius 2 is 1.21 bits per heavy atom. The fraction of sp³-hybridized carbons (Fsp3) is 0.333. The highest BCUT2D eigenvalue weighted by molar-refractivity contribution is 6.30. The molecule has 2 aromatic carbocycles. The summed E-state index contributed by atoms with van der Waals surface area (Å²) < 4.78 is 0. The summed E-state index contributed by atoms with van der Waals surface area (Å²) in [5, 5.41) is 1.51. The first-order valence-corrected chi connectivity index (χ1v) is 9.19. The van der Waals surface area contributed by atoms with E-state index in [9.17, 15) is 0 Å². The van der Waals surface area contributed by atoms with Gasteiger partial charge in [0.1, 0.15) is 0 Å². The molecule has 0 fully saturated rings. The maximum atomic E-state index is 6.03. The minimum absolute atomic E-state index is 0.756. The molecular weight excluding hydrogens is 337 g/mol. The molecule has 3 heteroatoms. The molecule has 0 radical (unpaired) electrons. The van der Waals surface area contributed by atoms with E-state index in [1.165, 1.54) is 11.1 Å². The molecule has 0 unspecified atom stereocenters. The van der Waals surface area contributed by atoms with Crippen molar-refractivity contribution in [1.82, 2.24) is 4.90 Å². The largest absolute Gasteiger partial charge is 0.367 e. The van der Waals surface area contributed by atoms with Crippen LogP contribution in [0.5, 0.6) is 0 Å². The average Bonchev–Trinajstić information content (AvgIpc) is 2.58. The lowest BCUT2D eigenvalue weighted by Gasteiger charge is -2.25. The fourth-order valence-electron chi connectivity index (χ4n) is 2.04. The standard InChI is InChI=1S/C17H17Cl2N.2C2H6/c1-13(2)20(11-14-5-3-7-16(18)9-14)12-15-6-4-8-17(19)10-15;2*1-2/h3-10H,1,11-12H2,2H3;2*1-2H3. The predicted molar refractivity (Wildman–Crippen MR) is 110 cm³/mol. The molecule has 0 aliphatic rings. The van der Waals surface area contributed by atoms with E-state index in [2.05, 4.69) is 23.6 Å². The van der Waals surface area contributed by atoms with Crippen molar-refractivity contribution in [1.29, 1.82) is 0 Å². The highest BCUT2D eigenvalue weighted by Crippen LogP contribution is 2.19. The van der Waals surface area contributed by atoms with E-state index in [1.807, 2.05) is 71.0 Å². The van der Waals surface area contributed by atoms with Crippen molar-refractivity contribution in [3.8, 4) is 0 Å². The molecule has 0 aliphatic heterocycles. The van der Waals surface area contributed by atoms with Gasteiger partial charge in [0, 0.05) is 28.8 Å². The van der Waals surface area contributed by atoms with Crippen LogP contribution in [0.4, 0.5) is 0 Å². The summed E-state index contributed by atoms with van der Waals surface area (Å²) in [6.45, 7) is 15.6. The zero-order valence-corrected chi connectivity index (χ0v) is 17.0. The van der Waals surface area contributed by atoms with Crippen LogP contribution in [0.1, 0.15) is 45.7 Å². The SMILES string of the molecule is C=C(C)N(Cc1cccc(Cl)c1)Cc1cccc(Cl)c1.CC.CC. The third kappa shape index (κ3) is 8.42. The smallest absolute Gasteiger partial charge is 0.0430 e. The summed E-state index contributed by atoms with van der Waals surface area (Å²) in [4.78, 5) is 2.21. The van der Waals surface area contributed by atoms with Gasteiger partial charge in [0.25, 0.3) is 0 Å². The van der Waals surface area contributed by atoms with E-state index in [4.69, 9.17) is 23.2 Å². The van der Waals surface area contributed by atoms with Gasteiger partial charge in [-0.15, -0.1) is 0 Å². The molecule has 0 saturated carbocycles.